The number of amides is 1. The fourth-order valence-electron chi connectivity index (χ4n) is 3.62. The number of likely N-dealkylation sites (tertiary alicyclic amines) is 1. The number of hydrogen-bond acceptors (Lipinski definition) is 5. The van der Waals surface area contributed by atoms with Crippen molar-refractivity contribution in [3.8, 4) is 0 Å². The minimum absolute atomic E-state index is 0.0165. The van der Waals surface area contributed by atoms with E-state index in [1.807, 2.05) is 0 Å². The summed E-state index contributed by atoms with van der Waals surface area (Å²) < 4.78 is 40.2. The number of hydrogen-bond donors (Lipinski definition) is 1. The predicted molar refractivity (Wildman–Crippen MR) is 86.9 cm³/mol. The SMILES string of the molecule is CSc1ncc(N2CCC3(CCN(C(=O)O)CC3)C2)c(C(F)(F)F)n1. The topological polar surface area (TPSA) is 69.6 Å². The van der Waals surface area contributed by atoms with Gasteiger partial charge in [0.05, 0.1) is 11.9 Å². The second-order valence-corrected chi connectivity index (χ2v) is 7.30. The van der Waals surface area contributed by atoms with E-state index in [1.165, 1.54) is 11.1 Å². The van der Waals surface area contributed by atoms with Crippen LogP contribution < -0.4 is 4.90 Å². The number of anilines is 1. The Morgan fingerprint density at radius 2 is 1.92 bits per heavy atom. The molecule has 1 aromatic heterocycles. The predicted octanol–water partition coefficient (Wildman–Crippen LogP) is 3.19. The van der Waals surface area contributed by atoms with Crippen LogP contribution in [0.25, 0.3) is 0 Å². The maximum absolute atomic E-state index is 13.4. The number of piperidine rings is 1. The van der Waals surface area contributed by atoms with E-state index in [9.17, 15) is 18.0 Å². The van der Waals surface area contributed by atoms with Crippen LogP contribution in [-0.2, 0) is 6.18 Å². The van der Waals surface area contributed by atoms with Gasteiger partial charge < -0.3 is 14.9 Å². The Balaban J connectivity index is 1.80. The molecule has 0 aliphatic carbocycles. The lowest BCUT2D eigenvalue weighted by Gasteiger charge is -2.38. The molecule has 1 spiro atoms. The van der Waals surface area contributed by atoms with Gasteiger partial charge in [0.2, 0.25) is 0 Å². The van der Waals surface area contributed by atoms with Gasteiger partial charge in [-0.15, -0.1) is 0 Å². The van der Waals surface area contributed by atoms with Crippen LogP contribution in [0.15, 0.2) is 11.4 Å². The van der Waals surface area contributed by atoms with Gasteiger partial charge in [-0.2, -0.15) is 13.2 Å². The number of carbonyl (C=O) groups is 1. The highest BCUT2D eigenvalue weighted by molar-refractivity contribution is 7.98. The van der Waals surface area contributed by atoms with E-state index in [2.05, 4.69) is 9.97 Å². The molecule has 2 aliphatic rings. The van der Waals surface area contributed by atoms with Crippen molar-refractivity contribution >= 4 is 23.5 Å². The van der Waals surface area contributed by atoms with Crippen molar-refractivity contribution in [3.05, 3.63) is 11.9 Å². The average molecular weight is 376 g/mol. The van der Waals surface area contributed by atoms with Crippen molar-refractivity contribution < 1.29 is 23.1 Å². The van der Waals surface area contributed by atoms with Crippen molar-refractivity contribution in [1.82, 2.24) is 14.9 Å². The molecule has 1 aromatic rings. The summed E-state index contributed by atoms with van der Waals surface area (Å²) in [6, 6.07) is 0. The maximum Gasteiger partial charge on any atom is 0.435 e. The van der Waals surface area contributed by atoms with E-state index in [1.54, 1.807) is 11.2 Å². The molecule has 2 saturated heterocycles. The highest BCUT2D eigenvalue weighted by Gasteiger charge is 2.44. The first kappa shape index (κ1) is 18.1. The number of nitrogens with zero attached hydrogens (tertiary/aromatic N) is 4. The fourth-order valence-corrected chi connectivity index (χ4v) is 3.96. The summed E-state index contributed by atoms with van der Waals surface area (Å²) >= 11 is 1.07. The van der Waals surface area contributed by atoms with Gasteiger partial charge >= 0.3 is 12.3 Å². The minimum atomic E-state index is -4.54. The molecule has 10 heteroatoms. The molecule has 0 unspecified atom stereocenters. The Morgan fingerprint density at radius 3 is 2.48 bits per heavy atom. The largest absolute Gasteiger partial charge is 0.465 e. The summed E-state index contributed by atoms with van der Waals surface area (Å²) in [4.78, 5) is 21.8. The highest BCUT2D eigenvalue weighted by Crippen LogP contribution is 2.44. The highest BCUT2D eigenvalue weighted by atomic mass is 32.2. The van der Waals surface area contributed by atoms with Crippen LogP contribution in [0.4, 0.5) is 23.7 Å². The van der Waals surface area contributed by atoms with Gasteiger partial charge in [0.1, 0.15) is 0 Å². The zero-order chi connectivity index (χ0) is 18.2. The van der Waals surface area contributed by atoms with Crippen LogP contribution in [0.1, 0.15) is 25.0 Å². The second kappa shape index (κ2) is 6.54. The lowest BCUT2D eigenvalue weighted by molar-refractivity contribution is -0.141. The first-order valence-electron chi connectivity index (χ1n) is 7.95. The molecule has 0 bridgehead atoms. The standard InChI is InChI=1S/C15H19F3N4O2S/c1-25-12-19-8-10(11(20-12)15(16,17)18)22-7-4-14(9-22)2-5-21(6-3-14)13(23)24/h8H,2-7,9H2,1H3,(H,23,24). The first-order chi connectivity index (χ1) is 11.7. The van der Waals surface area contributed by atoms with Crippen molar-refractivity contribution in [1.29, 1.82) is 0 Å². The number of halogens is 3. The van der Waals surface area contributed by atoms with Crippen LogP contribution in [0.3, 0.4) is 0 Å². The monoisotopic (exact) mass is 376 g/mol. The molecule has 1 amide bonds. The molecule has 25 heavy (non-hydrogen) atoms. The molecular weight excluding hydrogens is 357 g/mol. The number of thioether (sulfide) groups is 1. The Morgan fingerprint density at radius 1 is 1.28 bits per heavy atom. The quantitative estimate of drug-likeness (QED) is 0.632. The van der Waals surface area contributed by atoms with Gasteiger partial charge in [-0.3, -0.25) is 0 Å². The molecule has 0 aromatic carbocycles. The number of alkyl halides is 3. The normalized spacial score (nSPS) is 20.3. The molecule has 3 heterocycles. The van der Waals surface area contributed by atoms with Crippen LogP contribution in [0.5, 0.6) is 0 Å². The fraction of sp³-hybridized carbons (Fsp3) is 0.667. The van der Waals surface area contributed by atoms with Gasteiger partial charge in [0.15, 0.2) is 10.9 Å². The molecule has 0 saturated carbocycles. The Kier molecular flexibility index (Phi) is 4.74. The molecular formula is C15H19F3N4O2S. The summed E-state index contributed by atoms with van der Waals surface area (Å²) in [6.07, 6.45) is -0.497. The maximum atomic E-state index is 13.4. The lowest BCUT2D eigenvalue weighted by Crippen LogP contribution is -2.43. The third kappa shape index (κ3) is 3.63. The summed E-state index contributed by atoms with van der Waals surface area (Å²) in [6.45, 7) is 1.83. The Hall–Kier alpha value is -1.71. The van der Waals surface area contributed by atoms with E-state index in [-0.39, 0.29) is 16.3 Å². The zero-order valence-corrected chi connectivity index (χ0v) is 14.5. The van der Waals surface area contributed by atoms with E-state index in [4.69, 9.17) is 5.11 Å². The summed E-state index contributed by atoms with van der Waals surface area (Å²) in [5, 5.41) is 9.14. The summed E-state index contributed by atoms with van der Waals surface area (Å²) in [5.41, 5.74) is -1.01. The van der Waals surface area contributed by atoms with E-state index >= 15 is 0 Å². The van der Waals surface area contributed by atoms with Crippen molar-refractivity contribution in [3.63, 3.8) is 0 Å². The molecule has 138 valence electrons. The number of rotatable bonds is 2. The second-order valence-electron chi connectivity index (χ2n) is 6.53. The third-order valence-corrected chi connectivity index (χ3v) is 5.63. The van der Waals surface area contributed by atoms with Gasteiger partial charge in [-0.25, -0.2) is 14.8 Å². The van der Waals surface area contributed by atoms with Crippen LogP contribution in [-0.4, -0.2) is 58.5 Å². The zero-order valence-electron chi connectivity index (χ0n) is 13.7. The van der Waals surface area contributed by atoms with Gasteiger partial charge in [0.25, 0.3) is 0 Å². The van der Waals surface area contributed by atoms with Crippen LogP contribution in [0, 0.1) is 5.41 Å². The Labute approximate surface area is 147 Å². The summed E-state index contributed by atoms with van der Waals surface area (Å²) in [7, 11) is 0. The van der Waals surface area contributed by atoms with E-state index in [0.29, 0.717) is 39.0 Å². The van der Waals surface area contributed by atoms with E-state index < -0.39 is 18.0 Å². The van der Waals surface area contributed by atoms with Crippen LogP contribution in [0.2, 0.25) is 0 Å². The molecule has 1 N–H and O–H groups in total. The van der Waals surface area contributed by atoms with E-state index in [0.717, 1.165) is 18.2 Å². The van der Waals surface area contributed by atoms with Gasteiger partial charge in [0, 0.05) is 26.2 Å². The molecule has 2 aliphatic heterocycles. The van der Waals surface area contributed by atoms with Crippen molar-refractivity contribution in [2.45, 2.75) is 30.6 Å². The molecule has 3 rings (SSSR count). The summed E-state index contributed by atoms with van der Waals surface area (Å²) in [5.74, 6) is 0. The third-order valence-electron chi connectivity index (χ3n) is 5.07. The number of carboxylic acid groups (broad SMARTS) is 1. The van der Waals surface area contributed by atoms with Crippen molar-refractivity contribution in [2.75, 3.05) is 37.3 Å². The number of aromatic nitrogens is 2. The minimum Gasteiger partial charge on any atom is -0.465 e. The van der Waals surface area contributed by atoms with Crippen LogP contribution >= 0.6 is 11.8 Å². The lowest BCUT2D eigenvalue weighted by atomic mass is 9.78. The Bertz CT molecular complexity index is 663. The first-order valence-corrected chi connectivity index (χ1v) is 9.18. The molecule has 6 nitrogen and oxygen atoms in total. The van der Waals surface area contributed by atoms with Crippen molar-refractivity contribution in [2.24, 2.45) is 5.41 Å². The molecule has 2 fully saturated rings. The van der Waals surface area contributed by atoms with Gasteiger partial charge in [-0.05, 0) is 30.9 Å². The molecule has 0 atom stereocenters. The smallest absolute Gasteiger partial charge is 0.435 e. The van der Waals surface area contributed by atoms with Gasteiger partial charge in [-0.1, -0.05) is 11.8 Å². The molecule has 0 radical (unpaired) electrons. The average Bonchev–Trinajstić information content (AvgIpc) is 2.97.